The molecule has 180 valence electrons. The number of Topliss-reactive ketones (excluding diaryl/α,β-unsaturated/α-hetero) is 1. The molecule has 4 aromatic carbocycles. The van der Waals surface area contributed by atoms with E-state index in [0.717, 1.165) is 5.69 Å². The average Bonchev–Trinajstić information content (AvgIpc) is 2.91. The molecule has 0 aliphatic heterocycles. The Morgan fingerprint density at radius 3 is 2.08 bits per heavy atom. The molecule has 0 spiro atoms. The molecule has 0 aliphatic carbocycles. The molecule has 0 fully saturated rings. The van der Waals surface area contributed by atoms with Gasteiger partial charge in [0.2, 0.25) is 5.78 Å². The smallest absolute Gasteiger partial charge is 0.341 e. The zero-order valence-electron chi connectivity index (χ0n) is 19.8. The number of anilines is 1. The Morgan fingerprint density at radius 1 is 0.778 bits per heavy atom. The number of benzene rings is 4. The zero-order chi connectivity index (χ0) is 25.5. The van der Waals surface area contributed by atoms with Crippen LogP contribution in [0.2, 0.25) is 5.02 Å². The van der Waals surface area contributed by atoms with Gasteiger partial charge in [-0.2, -0.15) is 5.11 Å². The predicted molar refractivity (Wildman–Crippen MR) is 142 cm³/mol. The van der Waals surface area contributed by atoms with Crippen molar-refractivity contribution >= 4 is 40.4 Å². The number of ketones is 1. The largest absolute Gasteiger partial charge is 0.445 e. The van der Waals surface area contributed by atoms with Gasteiger partial charge >= 0.3 is 5.97 Å². The Balaban J connectivity index is 1.61. The molecule has 0 N–H and O–H groups in total. The third-order valence-corrected chi connectivity index (χ3v) is 5.71. The van der Waals surface area contributed by atoms with E-state index in [0.29, 0.717) is 27.5 Å². The van der Waals surface area contributed by atoms with E-state index in [2.05, 4.69) is 10.2 Å². The topological polar surface area (TPSA) is 71.3 Å². The van der Waals surface area contributed by atoms with Crippen molar-refractivity contribution in [3.8, 4) is 0 Å². The number of hydrogen-bond acceptors (Lipinski definition) is 6. The van der Waals surface area contributed by atoms with Crippen molar-refractivity contribution in [3.63, 3.8) is 0 Å². The molecule has 4 aromatic rings. The summed E-state index contributed by atoms with van der Waals surface area (Å²) < 4.78 is 5.77. The third kappa shape index (κ3) is 6.03. The molecule has 6 nitrogen and oxygen atoms in total. The summed E-state index contributed by atoms with van der Waals surface area (Å²) in [5.41, 5.74) is 3.16. The number of ether oxygens (including phenoxy) is 1. The Labute approximate surface area is 214 Å². The van der Waals surface area contributed by atoms with Crippen LogP contribution in [0.25, 0.3) is 0 Å². The highest BCUT2D eigenvalue weighted by Gasteiger charge is 2.27. The second-order valence-corrected chi connectivity index (χ2v) is 8.63. The number of carbonyl (C=O) groups is 2. The maximum absolute atomic E-state index is 13.3. The number of azo groups is 1. The van der Waals surface area contributed by atoms with Crippen LogP contribution in [0.5, 0.6) is 0 Å². The second-order valence-electron chi connectivity index (χ2n) is 8.20. The van der Waals surface area contributed by atoms with Gasteiger partial charge in [-0.3, -0.25) is 4.79 Å². The van der Waals surface area contributed by atoms with Gasteiger partial charge < -0.3 is 9.64 Å². The van der Waals surface area contributed by atoms with Gasteiger partial charge in [0.05, 0.1) is 11.3 Å². The molecule has 0 bridgehead atoms. The van der Waals surface area contributed by atoms with Crippen LogP contribution in [-0.4, -0.2) is 25.8 Å². The van der Waals surface area contributed by atoms with Gasteiger partial charge in [0.1, 0.15) is 5.69 Å². The SMILES string of the molecule is CN(C)c1ccc(N=Nc2ccccc2C(=O)O[C@@H](C(=O)c2ccccc2)c2ccc(Cl)cc2)cc1. The fourth-order valence-corrected chi connectivity index (χ4v) is 3.62. The minimum atomic E-state index is -1.15. The summed E-state index contributed by atoms with van der Waals surface area (Å²) >= 11 is 6.03. The molecule has 0 radical (unpaired) electrons. The first kappa shape index (κ1) is 24.8. The lowest BCUT2D eigenvalue weighted by Crippen LogP contribution is -2.20. The van der Waals surface area contributed by atoms with Crippen molar-refractivity contribution in [2.75, 3.05) is 19.0 Å². The van der Waals surface area contributed by atoms with Crippen molar-refractivity contribution in [1.82, 2.24) is 0 Å². The highest BCUT2D eigenvalue weighted by Crippen LogP contribution is 2.29. The normalized spacial score (nSPS) is 11.8. The van der Waals surface area contributed by atoms with Gasteiger partial charge in [0.15, 0.2) is 6.10 Å². The van der Waals surface area contributed by atoms with Crippen molar-refractivity contribution < 1.29 is 14.3 Å². The molecule has 0 saturated carbocycles. The van der Waals surface area contributed by atoms with Crippen LogP contribution in [0.1, 0.15) is 32.4 Å². The summed E-state index contributed by atoms with van der Waals surface area (Å²) in [6, 6.07) is 29.6. The number of carbonyl (C=O) groups excluding carboxylic acids is 2. The molecule has 7 heteroatoms. The Bertz CT molecular complexity index is 1370. The van der Waals surface area contributed by atoms with Crippen LogP contribution in [0, 0.1) is 0 Å². The molecular formula is C29H24ClN3O3. The molecule has 0 heterocycles. The summed E-state index contributed by atoms with van der Waals surface area (Å²) in [6.07, 6.45) is -1.15. The fraction of sp³-hybridized carbons (Fsp3) is 0.103. The van der Waals surface area contributed by atoms with Gasteiger partial charge in [-0.25, -0.2) is 4.79 Å². The summed E-state index contributed by atoms with van der Waals surface area (Å²) in [5, 5.41) is 9.06. The molecule has 0 unspecified atom stereocenters. The van der Waals surface area contributed by atoms with E-state index in [-0.39, 0.29) is 11.3 Å². The van der Waals surface area contributed by atoms with Crippen LogP contribution in [0.15, 0.2) is 113 Å². The number of nitrogens with zero attached hydrogens (tertiary/aromatic N) is 3. The van der Waals surface area contributed by atoms with Crippen LogP contribution >= 0.6 is 11.6 Å². The van der Waals surface area contributed by atoms with Crippen molar-refractivity contribution in [1.29, 1.82) is 0 Å². The summed E-state index contributed by atoms with van der Waals surface area (Å²) in [6.45, 7) is 0. The molecule has 0 aromatic heterocycles. The first-order chi connectivity index (χ1) is 17.4. The van der Waals surface area contributed by atoms with Crippen molar-refractivity contribution in [2.24, 2.45) is 10.2 Å². The van der Waals surface area contributed by atoms with Crippen molar-refractivity contribution in [2.45, 2.75) is 6.10 Å². The predicted octanol–water partition coefficient (Wildman–Crippen LogP) is 7.60. The average molecular weight is 498 g/mol. The summed E-state index contributed by atoms with van der Waals surface area (Å²) in [7, 11) is 3.91. The van der Waals surface area contributed by atoms with E-state index in [1.165, 1.54) is 0 Å². The van der Waals surface area contributed by atoms with Gasteiger partial charge in [0.25, 0.3) is 0 Å². The van der Waals surface area contributed by atoms with E-state index < -0.39 is 12.1 Å². The quantitative estimate of drug-likeness (QED) is 0.143. The van der Waals surface area contributed by atoms with Crippen LogP contribution in [0.3, 0.4) is 0 Å². The van der Waals surface area contributed by atoms with Gasteiger partial charge in [0, 0.05) is 35.9 Å². The maximum Gasteiger partial charge on any atom is 0.341 e. The molecular weight excluding hydrogens is 474 g/mol. The van der Waals surface area contributed by atoms with E-state index in [4.69, 9.17) is 16.3 Å². The lowest BCUT2D eigenvalue weighted by Gasteiger charge is -2.18. The van der Waals surface area contributed by atoms with E-state index in [1.54, 1.807) is 72.8 Å². The summed E-state index contributed by atoms with van der Waals surface area (Å²) in [4.78, 5) is 28.6. The van der Waals surface area contributed by atoms with Gasteiger partial charge in [-0.05, 0) is 48.5 Å². The van der Waals surface area contributed by atoms with Gasteiger partial charge in [-0.15, -0.1) is 5.11 Å². The Kier molecular flexibility index (Phi) is 7.88. The molecule has 4 rings (SSSR count). The third-order valence-electron chi connectivity index (χ3n) is 5.46. The minimum Gasteiger partial charge on any atom is -0.445 e. The monoisotopic (exact) mass is 497 g/mol. The maximum atomic E-state index is 13.3. The van der Waals surface area contributed by atoms with Gasteiger partial charge in [-0.1, -0.05) is 66.2 Å². The second kappa shape index (κ2) is 11.4. The van der Waals surface area contributed by atoms with Crippen LogP contribution in [0.4, 0.5) is 17.1 Å². The standard InChI is InChI=1S/C29H24ClN3O3/c1-33(2)24-18-16-23(17-19-24)31-32-26-11-7-6-10-25(26)29(35)36-28(21-12-14-22(30)15-13-21)27(34)20-8-4-3-5-9-20/h3-19,28H,1-2H3/t28-/m1/s1. The Hall–Kier alpha value is -4.29. The molecule has 1 atom stereocenters. The lowest BCUT2D eigenvalue weighted by molar-refractivity contribution is 0.0281. The van der Waals surface area contributed by atoms with E-state index in [1.807, 2.05) is 49.3 Å². The molecule has 0 saturated heterocycles. The highest BCUT2D eigenvalue weighted by molar-refractivity contribution is 6.30. The van der Waals surface area contributed by atoms with E-state index in [9.17, 15) is 9.59 Å². The molecule has 0 aliphatic rings. The fourth-order valence-electron chi connectivity index (χ4n) is 3.50. The zero-order valence-corrected chi connectivity index (χ0v) is 20.6. The first-order valence-corrected chi connectivity index (χ1v) is 11.6. The number of halogens is 1. The number of esters is 1. The molecule has 36 heavy (non-hydrogen) atoms. The van der Waals surface area contributed by atoms with E-state index >= 15 is 0 Å². The van der Waals surface area contributed by atoms with Crippen LogP contribution in [-0.2, 0) is 4.74 Å². The van der Waals surface area contributed by atoms with Crippen molar-refractivity contribution in [3.05, 3.63) is 125 Å². The Morgan fingerprint density at radius 2 is 1.42 bits per heavy atom. The first-order valence-electron chi connectivity index (χ1n) is 11.3. The minimum absolute atomic E-state index is 0.200. The summed E-state index contributed by atoms with van der Waals surface area (Å²) in [5.74, 6) is -1.02. The molecule has 0 amide bonds. The number of rotatable bonds is 8. The lowest BCUT2D eigenvalue weighted by atomic mass is 9.99. The number of hydrogen-bond donors (Lipinski definition) is 0. The highest BCUT2D eigenvalue weighted by atomic mass is 35.5. The van der Waals surface area contributed by atoms with Crippen LogP contribution < -0.4 is 4.90 Å².